The maximum absolute atomic E-state index is 12.1. The van der Waals surface area contributed by atoms with Crippen LogP contribution in [0.4, 0.5) is 0 Å². The van der Waals surface area contributed by atoms with Crippen LogP contribution in [0.2, 0.25) is 0 Å². The second-order valence-electron chi connectivity index (χ2n) is 4.04. The molecule has 0 saturated carbocycles. The highest BCUT2D eigenvalue weighted by Gasteiger charge is 2.31. The zero-order valence-electron chi connectivity index (χ0n) is 12.6. The molecule has 0 aromatic carbocycles. The Morgan fingerprint density at radius 3 is 1.71 bits per heavy atom. The van der Waals surface area contributed by atoms with Crippen LogP contribution in [-0.4, -0.2) is 42.7 Å². The molecule has 7 nitrogen and oxygen atoms in total. The van der Waals surface area contributed by atoms with Crippen molar-refractivity contribution in [1.82, 2.24) is 4.98 Å². The molecule has 0 radical (unpaired) electrons. The smallest absolute Gasteiger partial charge is 0.355 e. The number of aromatic amines is 1. The zero-order chi connectivity index (χ0) is 16.0. The molecule has 0 aliphatic heterocycles. The van der Waals surface area contributed by atoms with Crippen molar-refractivity contribution in [1.29, 1.82) is 0 Å². The molecular formula is C14H19NO6. The molecule has 1 heterocycles. The van der Waals surface area contributed by atoms with Crippen molar-refractivity contribution in [3.05, 3.63) is 22.5 Å². The van der Waals surface area contributed by atoms with E-state index in [4.69, 9.17) is 14.2 Å². The number of aryl methyl sites for hydroxylation is 1. The van der Waals surface area contributed by atoms with Gasteiger partial charge < -0.3 is 19.2 Å². The van der Waals surface area contributed by atoms with Crippen LogP contribution in [0.5, 0.6) is 0 Å². The third-order valence-corrected chi connectivity index (χ3v) is 2.63. The van der Waals surface area contributed by atoms with Crippen molar-refractivity contribution < 1.29 is 28.6 Å². The van der Waals surface area contributed by atoms with E-state index in [0.717, 1.165) is 0 Å². The molecule has 0 amide bonds. The first-order valence-electron chi connectivity index (χ1n) is 6.71. The second-order valence-corrected chi connectivity index (χ2v) is 4.04. The van der Waals surface area contributed by atoms with Gasteiger partial charge in [0.1, 0.15) is 11.3 Å². The van der Waals surface area contributed by atoms with Crippen molar-refractivity contribution in [2.75, 3.05) is 19.8 Å². The van der Waals surface area contributed by atoms with Crippen LogP contribution in [0, 0.1) is 6.92 Å². The first-order valence-corrected chi connectivity index (χ1v) is 6.71. The van der Waals surface area contributed by atoms with Gasteiger partial charge in [-0.3, -0.25) is 0 Å². The highest BCUT2D eigenvalue weighted by molar-refractivity contribution is 6.10. The van der Waals surface area contributed by atoms with Gasteiger partial charge in [-0.1, -0.05) is 0 Å². The Hall–Kier alpha value is -2.31. The molecule has 0 aliphatic rings. The molecule has 0 fully saturated rings. The van der Waals surface area contributed by atoms with Crippen LogP contribution in [0.1, 0.15) is 57.7 Å². The van der Waals surface area contributed by atoms with E-state index in [1.165, 1.54) is 0 Å². The number of carbonyl (C=O) groups excluding carboxylic acids is 3. The number of H-pyrrole nitrogens is 1. The number of carbonyl (C=O) groups is 3. The topological polar surface area (TPSA) is 94.7 Å². The van der Waals surface area contributed by atoms with Crippen LogP contribution in [0.15, 0.2) is 0 Å². The van der Waals surface area contributed by atoms with E-state index in [-0.39, 0.29) is 36.6 Å². The molecule has 0 unspecified atom stereocenters. The van der Waals surface area contributed by atoms with Gasteiger partial charge in [0.25, 0.3) is 0 Å². The Bertz CT molecular complexity index is 546. The summed E-state index contributed by atoms with van der Waals surface area (Å²) < 4.78 is 14.7. The van der Waals surface area contributed by atoms with E-state index in [0.29, 0.717) is 5.69 Å². The van der Waals surface area contributed by atoms with Crippen molar-refractivity contribution >= 4 is 17.9 Å². The van der Waals surface area contributed by atoms with E-state index < -0.39 is 17.9 Å². The van der Waals surface area contributed by atoms with Gasteiger partial charge in [0.05, 0.1) is 25.4 Å². The average Bonchev–Trinajstić information content (AvgIpc) is 2.77. The lowest BCUT2D eigenvalue weighted by Gasteiger charge is -2.06. The van der Waals surface area contributed by atoms with E-state index in [1.54, 1.807) is 27.7 Å². The van der Waals surface area contributed by atoms with Gasteiger partial charge in [-0.15, -0.1) is 0 Å². The lowest BCUT2D eigenvalue weighted by atomic mass is 10.1. The van der Waals surface area contributed by atoms with Crippen molar-refractivity contribution in [3.8, 4) is 0 Å². The average molecular weight is 297 g/mol. The molecule has 1 aromatic rings. The summed E-state index contributed by atoms with van der Waals surface area (Å²) in [5.41, 5.74) is 0.0972. The van der Waals surface area contributed by atoms with Gasteiger partial charge in [0.15, 0.2) is 0 Å². The molecular weight excluding hydrogens is 278 g/mol. The minimum absolute atomic E-state index is 0.00152. The monoisotopic (exact) mass is 297 g/mol. The van der Waals surface area contributed by atoms with Crippen LogP contribution in [0.3, 0.4) is 0 Å². The summed E-state index contributed by atoms with van der Waals surface area (Å²) >= 11 is 0. The molecule has 0 atom stereocenters. The summed E-state index contributed by atoms with van der Waals surface area (Å²) in [6.07, 6.45) is 0. The number of hydrogen-bond donors (Lipinski definition) is 1. The summed E-state index contributed by atoms with van der Waals surface area (Å²) in [5, 5.41) is 0. The third-order valence-electron chi connectivity index (χ3n) is 2.63. The van der Waals surface area contributed by atoms with Gasteiger partial charge >= 0.3 is 17.9 Å². The van der Waals surface area contributed by atoms with Crippen molar-refractivity contribution in [3.63, 3.8) is 0 Å². The van der Waals surface area contributed by atoms with Crippen molar-refractivity contribution in [2.24, 2.45) is 0 Å². The highest BCUT2D eigenvalue weighted by atomic mass is 16.5. The van der Waals surface area contributed by atoms with Crippen LogP contribution < -0.4 is 0 Å². The SMILES string of the molecule is CCOC(=O)c1[nH]c(C)c(C(=O)OCC)c1C(=O)OCC. The van der Waals surface area contributed by atoms with Gasteiger partial charge in [0, 0.05) is 5.69 Å². The van der Waals surface area contributed by atoms with E-state index in [1.807, 2.05) is 0 Å². The molecule has 116 valence electrons. The number of aromatic nitrogens is 1. The Kier molecular flexibility index (Phi) is 5.95. The van der Waals surface area contributed by atoms with Gasteiger partial charge in [0.2, 0.25) is 0 Å². The van der Waals surface area contributed by atoms with Gasteiger partial charge in [-0.25, -0.2) is 14.4 Å². The number of esters is 3. The first-order chi connectivity index (χ1) is 9.97. The maximum atomic E-state index is 12.1. The minimum Gasteiger partial charge on any atom is -0.462 e. The summed E-state index contributed by atoms with van der Waals surface area (Å²) in [6.45, 7) is 6.91. The molecule has 1 aromatic heterocycles. The molecule has 1 N–H and O–H groups in total. The fourth-order valence-corrected chi connectivity index (χ4v) is 1.85. The summed E-state index contributed by atoms with van der Waals surface area (Å²) in [4.78, 5) is 38.7. The molecule has 21 heavy (non-hydrogen) atoms. The predicted octanol–water partition coefficient (Wildman–Crippen LogP) is 1.85. The van der Waals surface area contributed by atoms with Crippen molar-refractivity contribution in [2.45, 2.75) is 27.7 Å². The molecule has 0 aliphatic carbocycles. The largest absolute Gasteiger partial charge is 0.462 e. The Labute approximate surface area is 122 Å². The molecule has 0 saturated heterocycles. The van der Waals surface area contributed by atoms with Crippen LogP contribution in [-0.2, 0) is 14.2 Å². The normalized spacial score (nSPS) is 10.1. The number of ether oxygens (including phenoxy) is 3. The summed E-state index contributed by atoms with van der Waals surface area (Å²) in [5.74, 6) is -2.18. The maximum Gasteiger partial charge on any atom is 0.355 e. The van der Waals surface area contributed by atoms with Gasteiger partial charge in [-0.05, 0) is 27.7 Å². The molecule has 7 heteroatoms. The second kappa shape index (κ2) is 7.47. The van der Waals surface area contributed by atoms with Crippen LogP contribution in [0.25, 0.3) is 0 Å². The fourth-order valence-electron chi connectivity index (χ4n) is 1.85. The quantitative estimate of drug-likeness (QED) is 0.636. The summed E-state index contributed by atoms with van der Waals surface area (Å²) in [7, 11) is 0. The number of nitrogens with one attached hydrogen (secondary N) is 1. The predicted molar refractivity (Wildman–Crippen MR) is 73.4 cm³/mol. The lowest BCUT2D eigenvalue weighted by Crippen LogP contribution is -2.17. The van der Waals surface area contributed by atoms with E-state index >= 15 is 0 Å². The molecule has 0 spiro atoms. The number of hydrogen-bond acceptors (Lipinski definition) is 6. The Morgan fingerprint density at radius 2 is 1.24 bits per heavy atom. The molecule has 0 bridgehead atoms. The fraction of sp³-hybridized carbons (Fsp3) is 0.500. The van der Waals surface area contributed by atoms with Crippen LogP contribution >= 0.6 is 0 Å². The third kappa shape index (κ3) is 3.62. The Balaban J connectivity index is 3.38. The van der Waals surface area contributed by atoms with Gasteiger partial charge in [-0.2, -0.15) is 0 Å². The minimum atomic E-state index is -0.770. The summed E-state index contributed by atoms with van der Waals surface area (Å²) in [6, 6.07) is 0. The first kappa shape index (κ1) is 16.7. The lowest BCUT2D eigenvalue weighted by molar-refractivity contribution is 0.0460. The zero-order valence-corrected chi connectivity index (χ0v) is 12.6. The number of rotatable bonds is 6. The standard InChI is InChI=1S/C14H19NO6/c1-5-19-12(16)9-8(4)15-11(14(18)21-7-3)10(9)13(17)20-6-2/h15H,5-7H2,1-4H3. The Morgan fingerprint density at radius 1 is 0.810 bits per heavy atom. The highest BCUT2D eigenvalue weighted by Crippen LogP contribution is 2.22. The van der Waals surface area contributed by atoms with E-state index in [9.17, 15) is 14.4 Å². The molecule has 1 rings (SSSR count). The van der Waals surface area contributed by atoms with E-state index in [2.05, 4.69) is 4.98 Å².